The smallest absolute Gasteiger partial charge is 0.306 e. The van der Waals surface area contributed by atoms with Crippen LogP contribution < -0.4 is 5.73 Å². The minimum atomic E-state index is -0.374. The molecule has 0 saturated carbocycles. The molecule has 0 atom stereocenters. The maximum atomic E-state index is 11.5. The van der Waals surface area contributed by atoms with Crippen LogP contribution in [0.4, 0.5) is 0 Å². The second kappa shape index (κ2) is 37.3. The topological polar surface area (TPSA) is 105 Å². The molecule has 0 rings (SSSR count). The molecule has 2 N–H and O–H groups in total. The number of rotatable bonds is 22. The Labute approximate surface area is 268 Å². The number of unbranched alkanes of at least 4 members (excludes halogenated alkanes) is 15. The van der Waals surface area contributed by atoms with Gasteiger partial charge in [0.2, 0.25) is 0 Å². The number of nitrogens with two attached hydrogens (primary N) is 1. The third-order valence-electron chi connectivity index (χ3n) is 5.97. The van der Waals surface area contributed by atoms with E-state index >= 15 is 0 Å². The minimum Gasteiger partial charge on any atom is -0.469 e. The Bertz CT molecular complexity index is 575. The van der Waals surface area contributed by atoms with Gasteiger partial charge in [-0.05, 0) is 53.0 Å². The molecular weight excluding hydrogens is 589 g/mol. The summed E-state index contributed by atoms with van der Waals surface area (Å²) in [5, 5.41) is 0.194. The van der Waals surface area contributed by atoms with Gasteiger partial charge in [0.1, 0.15) is 5.60 Å². The van der Waals surface area contributed by atoms with Crippen molar-refractivity contribution in [1.29, 1.82) is 0 Å². The SMILES string of the molecule is COC(=O)CCCCCCCCCCC(=O)OC(C)(C)C.COC(=O)CCCCCCCCCCCN.Cl.ClCCl. The zero-order valence-electron chi connectivity index (χ0n) is 26.7. The number of hydrogen-bond acceptors (Lipinski definition) is 7. The van der Waals surface area contributed by atoms with Crippen molar-refractivity contribution in [1.82, 2.24) is 0 Å². The molecule has 0 aliphatic rings. The van der Waals surface area contributed by atoms with Gasteiger partial charge in [-0.25, -0.2) is 0 Å². The van der Waals surface area contributed by atoms with Crippen LogP contribution in [0.2, 0.25) is 0 Å². The highest BCUT2D eigenvalue weighted by Gasteiger charge is 2.15. The second-order valence-corrected chi connectivity index (χ2v) is 11.7. The number of carbonyl (C=O) groups excluding carboxylic acids is 3. The summed E-state index contributed by atoms with van der Waals surface area (Å²) < 4.78 is 14.4. The number of methoxy groups -OCH3 is 2. The fourth-order valence-electron chi connectivity index (χ4n) is 3.85. The van der Waals surface area contributed by atoms with Crippen molar-refractivity contribution in [2.24, 2.45) is 5.73 Å². The summed E-state index contributed by atoms with van der Waals surface area (Å²) in [6.45, 7) is 6.51. The van der Waals surface area contributed by atoms with Crippen LogP contribution in [0.15, 0.2) is 0 Å². The van der Waals surface area contributed by atoms with Gasteiger partial charge in [-0.2, -0.15) is 0 Å². The van der Waals surface area contributed by atoms with E-state index in [-0.39, 0.29) is 41.3 Å². The van der Waals surface area contributed by atoms with Crippen LogP contribution in [0.25, 0.3) is 0 Å². The van der Waals surface area contributed by atoms with Crippen molar-refractivity contribution in [2.45, 2.75) is 155 Å². The molecule has 0 aromatic rings. The van der Waals surface area contributed by atoms with Crippen LogP contribution in [-0.2, 0) is 28.6 Å². The van der Waals surface area contributed by atoms with Crippen molar-refractivity contribution in [2.75, 3.05) is 26.1 Å². The number of halogens is 3. The predicted molar refractivity (Wildman–Crippen MR) is 175 cm³/mol. The molecule has 0 aromatic carbocycles. The quantitative estimate of drug-likeness (QED) is 0.0539. The summed E-state index contributed by atoms with van der Waals surface area (Å²) in [5.41, 5.74) is 5.05. The number of esters is 3. The second-order valence-electron chi connectivity index (χ2n) is 10.9. The molecule has 0 saturated heterocycles. The molecular formula is C31H62Cl3NO6. The summed E-state index contributed by atoms with van der Waals surface area (Å²) in [6.07, 6.45) is 21.5. The summed E-state index contributed by atoms with van der Waals surface area (Å²) in [4.78, 5) is 33.2. The first-order chi connectivity index (χ1) is 19.1. The highest BCUT2D eigenvalue weighted by molar-refractivity contribution is 6.40. The molecule has 0 aliphatic carbocycles. The summed E-state index contributed by atoms with van der Waals surface area (Å²) in [7, 11) is 2.88. The summed E-state index contributed by atoms with van der Waals surface area (Å²) >= 11 is 9.53. The fraction of sp³-hybridized carbons (Fsp3) is 0.903. The average Bonchev–Trinajstić information content (AvgIpc) is 2.90. The molecule has 248 valence electrons. The Balaban J connectivity index is -0.000000306. The van der Waals surface area contributed by atoms with E-state index in [1.165, 1.54) is 84.8 Å². The monoisotopic (exact) mass is 649 g/mol. The molecule has 41 heavy (non-hydrogen) atoms. The predicted octanol–water partition coefficient (Wildman–Crippen LogP) is 9.26. The van der Waals surface area contributed by atoms with Gasteiger partial charge in [0.15, 0.2) is 0 Å². The Morgan fingerprint density at radius 3 is 1.02 bits per heavy atom. The van der Waals surface area contributed by atoms with Crippen LogP contribution in [-0.4, -0.2) is 49.6 Å². The molecule has 0 amide bonds. The first-order valence-corrected chi connectivity index (χ1v) is 16.3. The minimum absolute atomic E-state index is 0. The Morgan fingerprint density at radius 2 is 0.780 bits per heavy atom. The van der Waals surface area contributed by atoms with Crippen molar-refractivity contribution in [3.63, 3.8) is 0 Å². The van der Waals surface area contributed by atoms with E-state index in [4.69, 9.17) is 33.7 Å². The van der Waals surface area contributed by atoms with Gasteiger partial charge in [0.25, 0.3) is 0 Å². The highest BCUT2D eigenvalue weighted by atomic mass is 35.5. The zero-order valence-corrected chi connectivity index (χ0v) is 29.1. The molecule has 0 radical (unpaired) electrons. The van der Waals surface area contributed by atoms with Crippen LogP contribution in [0, 0.1) is 0 Å². The first-order valence-electron chi connectivity index (χ1n) is 15.2. The Kier molecular flexibility index (Phi) is 42.9. The van der Waals surface area contributed by atoms with Gasteiger partial charge in [-0.15, -0.1) is 35.6 Å². The van der Waals surface area contributed by atoms with E-state index in [0.717, 1.165) is 45.1 Å². The van der Waals surface area contributed by atoms with Gasteiger partial charge in [0, 0.05) is 19.3 Å². The normalized spacial score (nSPS) is 10.2. The van der Waals surface area contributed by atoms with E-state index in [0.29, 0.717) is 19.3 Å². The zero-order chi connectivity index (χ0) is 30.9. The van der Waals surface area contributed by atoms with Gasteiger partial charge < -0.3 is 19.9 Å². The molecule has 7 nitrogen and oxygen atoms in total. The van der Waals surface area contributed by atoms with E-state index in [1.807, 2.05) is 20.8 Å². The van der Waals surface area contributed by atoms with E-state index in [1.54, 1.807) is 0 Å². The van der Waals surface area contributed by atoms with Crippen molar-refractivity contribution < 1.29 is 28.6 Å². The molecule has 10 heteroatoms. The lowest BCUT2D eigenvalue weighted by Crippen LogP contribution is -2.23. The van der Waals surface area contributed by atoms with E-state index in [2.05, 4.69) is 9.47 Å². The molecule has 0 bridgehead atoms. The number of ether oxygens (including phenoxy) is 3. The van der Waals surface area contributed by atoms with E-state index in [9.17, 15) is 14.4 Å². The molecule has 0 fully saturated rings. The maximum absolute atomic E-state index is 11.5. The molecule has 0 aromatic heterocycles. The first kappa shape index (κ1) is 47.2. The third-order valence-corrected chi connectivity index (χ3v) is 5.97. The highest BCUT2D eigenvalue weighted by Crippen LogP contribution is 2.13. The number of carbonyl (C=O) groups is 3. The lowest BCUT2D eigenvalue weighted by molar-refractivity contribution is -0.155. The Morgan fingerprint density at radius 1 is 0.537 bits per heavy atom. The third kappa shape index (κ3) is 49.3. The molecule has 0 heterocycles. The fourth-order valence-corrected chi connectivity index (χ4v) is 3.85. The summed E-state index contributed by atoms with van der Waals surface area (Å²) in [6, 6.07) is 0. The maximum Gasteiger partial charge on any atom is 0.306 e. The van der Waals surface area contributed by atoms with Gasteiger partial charge in [0.05, 0.1) is 19.6 Å². The Hall–Kier alpha value is -0.760. The largest absolute Gasteiger partial charge is 0.469 e. The lowest BCUT2D eigenvalue weighted by Gasteiger charge is -2.19. The summed E-state index contributed by atoms with van der Waals surface area (Å²) in [5.74, 6) is -0.288. The van der Waals surface area contributed by atoms with Crippen LogP contribution in [0.1, 0.15) is 149 Å². The number of alkyl halides is 2. The van der Waals surface area contributed by atoms with E-state index < -0.39 is 0 Å². The van der Waals surface area contributed by atoms with Crippen molar-refractivity contribution >= 4 is 53.5 Å². The van der Waals surface area contributed by atoms with Crippen molar-refractivity contribution in [3.8, 4) is 0 Å². The molecule has 0 aliphatic heterocycles. The van der Waals surface area contributed by atoms with Gasteiger partial charge in [-0.1, -0.05) is 83.5 Å². The van der Waals surface area contributed by atoms with Gasteiger partial charge in [-0.3, -0.25) is 14.4 Å². The van der Waals surface area contributed by atoms with Crippen LogP contribution in [0.3, 0.4) is 0 Å². The van der Waals surface area contributed by atoms with Crippen LogP contribution >= 0.6 is 35.6 Å². The standard InChI is InChI=1S/C17H32O4.C13H27NO2.CH2Cl2.ClH/c1-17(2,3)21-16(19)14-12-10-8-6-5-7-9-11-13-15(18)20-4;1-16-13(15)11-9-7-5-3-2-4-6-8-10-12-14;2-1-3;/h5-14H2,1-4H3;2-12,14H2,1H3;1H2;1H. The molecule has 0 spiro atoms. The van der Waals surface area contributed by atoms with Gasteiger partial charge >= 0.3 is 17.9 Å². The van der Waals surface area contributed by atoms with Crippen LogP contribution in [0.5, 0.6) is 0 Å². The molecule has 0 unspecified atom stereocenters. The average molecular weight is 651 g/mol. The van der Waals surface area contributed by atoms with Crippen molar-refractivity contribution in [3.05, 3.63) is 0 Å². The number of hydrogen-bond donors (Lipinski definition) is 1. The lowest BCUT2D eigenvalue weighted by atomic mass is 10.1.